The maximum atomic E-state index is 12.7. The van der Waals surface area contributed by atoms with Crippen LogP contribution >= 0.6 is 11.3 Å². The number of hydrogen-bond donors (Lipinski definition) is 0. The van der Waals surface area contributed by atoms with E-state index in [1.807, 2.05) is 30.9 Å². The first kappa shape index (κ1) is 13.2. The molecule has 0 saturated carbocycles. The van der Waals surface area contributed by atoms with E-state index in [9.17, 15) is 4.79 Å². The zero-order chi connectivity index (χ0) is 14.1. The Morgan fingerprint density at radius 2 is 2.10 bits per heavy atom. The van der Waals surface area contributed by atoms with Gasteiger partial charge < -0.3 is 4.90 Å². The number of rotatable bonds is 2. The van der Waals surface area contributed by atoms with Crippen LogP contribution in [-0.2, 0) is 0 Å². The van der Waals surface area contributed by atoms with E-state index >= 15 is 0 Å². The van der Waals surface area contributed by atoms with Crippen molar-refractivity contribution in [2.75, 3.05) is 6.54 Å². The van der Waals surface area contributed by atoms with Crippen molar-refractivity contribution in [2.45, 2.75) is 32.7 Å². The van der Waals surface area contributed by atoms with E-state index in [4.69, 9.17) is 0 Å². The molecule has 1 aliphatic heterocycles. The lowest BCUT2D eigenvalue weighted by molar-refractivity contribution is 0.0739. The molecule has 2 aromatic heterocycles. The van der Waals surface area contributed by atoms with Crippen molar-refractivity contribution in [3.63, 3.8) is 0 Å². The lowest BCUT2D eigenvalue weighted by Crippen LogP contribution is -2.30. The Bertz CT molecular complexity index is 623. The first-order valence-electron chi connectivity index (χ1n) is 6.81. The molecule has 0 aromatic carbocycles. The summed E-state index contributed by atoms with van der Waals surface area (Å²) in [5.41, 5.74) is 2.02. The Morgan fingerprint density at radius 1 is 1.35 bits per heavy atom. The summed E-state index contributed by atoms with van der Waals surface area (Å²) in [5.74, 6) is 0.118. The van der Waals surface area contributed by atoms with Gasteiger partial charge in [0.15, 0.2) is 0 Å². The molecule has 1 saturated heterocycles. The van der Waals surface area contributed by atoms with Crippen LogP contribution in [0.2, 0.25) is 0 Å². The average molecular weight is 287 g/mol. The molecule has 4 nitrogen and oxygen atoms in total. The van der Waals surface area contributed by atoms with Crippen molar-refractivity contribution in [1.29, 1.82) is 0 Å². The van der Waals surface area contributed by atoms with E-state index in [0.29, 0.717) is 0 Å². The fraction of sp³-hybridized carbons (Fsp3) is 0.400. The largest absolute Gasteiger partial charge is 0.331 e. The van der Waals surface area contributed by atoms with Gasteiger partial charge in [-0.2, -0.15) is 0 Å². The number of thiazole rings is 1. The van der Waals surface area contributed by atoms with Gasteiger partial charge in [0.25, 0.3) is 5.91 Å². The number of aromatic nitrogens is 2. The molecule has 104 valence electrons. The van der Waals surface area contributed by atoms with Crippen molar-refractivity contribution < 1.29 is 4.79 Å². The molecule has 3 rings (SSSR count). The predicted molar refractivity (Wildman–Crippen MR) is 78.8 cm³/mol. The Balaban J connectivity index is 1.89. The van der Waals surface area contributed by atoms with Crippen LogP contribution in [0, 0.1) is 13.8 Å². The van der Waals surface area contributed by atoms with E-state index in [1.54, 1.807) is 12.4 Å². The number of carbonyl (C=O) groups excluding carboxylic acids is 1. The van der Waals surface area contributed by atoms with Crippen molar-refractivity contribution in [3.05, 3.63) is 45.7 Å². The van der Waals surface area contributed by atoms with Gasteiger partial charge in [0, 0.05) is 18.9 Å². The molecule has 1 aliphatic rings. The SMILES string of the molecule is Cc1nc(C)c(C(=O)N2CCCC2c2ccncc2)s1. The summed E-state index contributed by atoms with van der Waals surface area (Å²) in [6, 6.07) is 4.18. The fourth-order valence-electron chi connectivity index (χ4n) is 2.80. The molecule has 1 fully saturated rings. The number of amides is 1. The summed E-state index contributed by atoms with van der Waals surface area (Å²) in [6.07, 6.45) is 5.65. The molecule has 0 radical (unpaired) electrons. The van der Waals surface area contributed by atoms with Crippen molar-refractivity contribution in [3.8, 4) is 0 Å². The number of nitrogens with zero attached hydrogens (tertiary/aromatic N) is 3. The van der Waals surface area contributed by atoms with Gasteiger partial charge in [0.1, 0.15) is 4.88 Å². The second-order valence-corrected chi connectivity index (χ2v) is 6.29. The molecule has 1 amide bonds. The second-order valence-electron chi connectivity index (χ2n) is 5.08. The zero-order valence-electron chi connectivity index (χ0n) is 11.7. The summed E-state index contributed by atoms with van der Waals surface area (Å²) in [6.45, 7) is 4.68. The molecule has 1 atom stereocenters. The van der Waals surface area contributed by atoms with Crippen molar-refractivity contribution in [2.24, 2.45) is 0 Å². The molecule has 20 heavy (non-hydrogen) atoms. The maximum absolute atomic E-state index is 12.7. The predicted octanol–water partition coefficient (Wildman–Crippen LogP) is 3.13. The molecule has 0 bridgehead atoms. The normalized spacial score (nSPS) is 18.5. The molecule has 1 unspecified atom stereocenters. The summed E-state index contributed by atoms with van der Waals surface area (Å²) < 4.78 is 0. The molecular weight excluding hydrogens is 270 g/mol. The molecule has 0 spiro atoms. The standard InChI is InChI=1S/C15H17N3OS/c1-10-14(20-11(2)17-10)15(19)18-9-3-4-13(18)12-5-7-16-8-6-12/h5-8,13H,3-4,9H2,1-2H3. The monoisotopic (exact) mass is 287 g/mol. The van der Waals surface area contributed by atoms with E-state index in [1.165, 1.54) is 16.9 Å². The van der Waals surface area contributed by atoms with Gasteiger partial charge >= 0.3 is 0 Å². The van der Waals surface area contributed by atoms with Crippen LogP contribution in [0.15, 0.2) is 24.5 Å². The smallest absolute Gasteiger partial charge is 0.266 e. The fourth-order valence-corrected chi connectivity index (χ4v) is 3.68. The number of pyridine rings is 1. The highest BCUT2D eigenvalue weighted by Crippen LogP contribution is 2.34. The lowest BCUT2D eigenvalue weighted by Gasteiger charge is -2.24. The minimum absolute atomic E-state index is 0.118. The highest BCUT2D eigenvalue weighted by Gasteiger charge is 2.32. The molecule has 5 heteroatoms. The van der Waals surface area contributed by atoms with E-state index in [0.717, 1.165) is 35.0 Å². The topological polar surface area (TPSA) is 46.1 Å². The lowest BCUT2D eigenvalue weighted by atomic mass is 10.1. The summed E-state index contributed by atoms with van der Waals surface area (Å²) in [5, 5.41) is 0.950. The van der Waals surface area contributed by atoms with Crippen molar-refractivity contribution >= 4 is 17.2 Å². The highest BCUT2D eigenvalue weighted by atomic mass is 32.1. The second kappa shape index (κ2) is 5.32. The minimum atomic E-state index is 0.118. The third-order valence-electron chi connectivity index (χ3n) is 3.70. The van der Waals surface area contributed by atoms with Crippen LogP contribution in [0.5, 0.6) is 0 Å². The average Bonchev–Trinajstić information content (AvgIpc) is 3.05. The minimum Gasteiger partial charge on any atom is -0.331 e. The first-order chi connectivity index (χ1) is 9.66. The Morgan fingerprint density at radius 3 is 2.75 bits per heavy atom. The van der Waals surface area contributed by atoms with Crippen LogP contribution in [0.25, 0.3) is 0 Å². The van der Waals surface area contributed by atoms with Gasteiger partial charge in [-0.05, 0) is 44.4 Å². The quantitative estimate of drug-likeness (QED) is 0.852. The molecule has 0 aliphatic carbocycles. The maximum Gasteiger partial charge on any atom is 0.266 e. The molecule has 3 heterocycles. The Labute approximate surface area is 122 Å². The van der Waals surface area contributed by atoms with Gasteiger partial charge in [-0.1, -0.05) is 0 Å². The number of likely N-dealkylation sites (tertiary alicyclic amines) is 1. The first-order valence-corrected chi connectivity index (χ1v) is 7.63. The summed E-state index contributed by atoms with van der Waals surface area (Å²) >= 11 is 1.49. The molecule has 2 aromatic rings. The van der Waals surface area contributed by atoms with Crippen molar-refractivity contribution in [1.82, 2.24) is 14.9 Å². The third kappa shape index (κ3) is 2.33. The Kier molecular flexibility index (Phi) is 3.53. The van der Waals surface area contributed by atoms with E-state index in [2.05, 4.69) is 9.97 Å². The van der Waals surface area contributed by atoms with E-state index < -0.39 is 0 Å². The molecule has 0 N–H and O–H groups in total. The van der Waals surface area contributed by atoms with Crippen LogP contribution in [0.4, 0.5) is 0 Å². The van der Waals surface area contributed by atoms with Crippen LogP contribution in [0.1, 0.15) is 44.8 Å². The van der Waals surface area contributed by atoms with Crippen LogP contribution in [0.3, 0.4) is 0 Å². The van der Waals surface area contributed by atoms with Gasteiger partial charge in [0.05, 0.1) is 16.7 Å². The van der Waals surface area contributed by atoms with Gasteiger partial charge in [0.2, 0.25) is 0 Å². The Hall–Kier alpha value is -1.75. The summed E-state index contributed by atoms with van der Waals surface area (Å²) in [4.78, 5) is 23.9. The van der Waals surface area contributed by atoms with Gasteiger partial charge in [-0.25, -0.2) is 4.98 Å². The zero-order valence-corrected chi connectivity index (χ0v) is 12.5. The van der Waals surface area contributed by atoms with Crippen LogP contribution in [-0.4, -0.2) is 27.3 Å². The summed E-state index contributed by atoms with van der Waals surface area (Å²) in [7, 11) is 0. The number of aryl methyl sites for hydroxylation is 2. The highest BCUT2D eigenvalue weighted by molar-refractivity contribution is 7.13. The molecular formula is C15H17N3OS. The number of carbonyl (C=O) groups is 1. The number of hydrogen-bond acceptors (Lipinski definition) is 4. The van der Waals surface area contributed by atoms with Gasteiger partial charge in [-0.3, -0.25) is 9.78 Å². The van der Waals surface area contributed by atoms with Gasteiger partial charge in [-0.15, -0.1) is 11.3 Å². The third-order valence-corrected chi connectivity index (χ3v) is 4.76. The van der Waals surface area contributed by atoms with Crippen LogP contribution < -0.4 is 0 Å². The van der Waals surface area contributed by atoms with E-state index in [-0.39, 0.29) is 11.9 Å².